The molecule has 0 saturated carbocycles. The molecule has 2 N–H and O–H groups in total. The molecule has 134 valence electrons. The van der Waals surface area contributed by atoms with E-state index in [0.29, 0.717) is 18.7 Å². The Kier molecular flexibility index (Phi) is 3.75. The third kappa shape index (κ3) is 2.54. The molecule has 1 saturated heterocycles. The molecule has 0 aromatic carbocycles. The molecule has 26 heavy (non-hydrogen) atoms. The Bertz CT molecular complexity index is 1000. The van der Waals surface area contributed by atoms with Crippen LogP contribution in [0, 0.1) is 12.8 Å². The van der Waals surface area contributed by atoms with Crippen LogP contribution in [0.3, 0.4) is 0 Å². The van der Waals surface area contributed by atoms with Gasteiger partial charge in [-0.2, -0.15) is 5.10 Å². The summed E-state index contributed by atoms with van der Waals surface area (Å²) in [5.74, 6) is -1.06. The van der Waals surface area contributed by atoms with Crippen LogP contribution in [0.4, 0.5) is 0 Å². The van der Waals surface area contributed by atoms with Crippen LogP contribution in [0.25, 0.3) is 5.52 Å². The first-order valence-electron chi connectivity index (χ1n) is 8.44. The number of fused-ring (bicyclic) bond motifs is 1. The number of hydrogen-bond donors (Lipinski definition) is 1. The minimum absolute atomic E-state index is 0.115. The first-order chi connectivity index (χ1) is 12.5. The number of imidazole rings is 1. The second-order valence-electron chi connectivity index (χ2n) is 6.78. The third-order valence-electron chi connectivity index (χ3n) is 5.30. The number of hydrogen-bond acceptors (Lipinski definition) is 4. The van der Waals surface area contributed by atoms with Gasteiger partial charge < -0.3 is 15.0 Å². The second kappa shape index (κ2) is 5.98. The molecule has 0 aliphatic carbocycles. The van der Waals surface area contributed by atoms with Crippen molar-refractivity contribution in [3.63, 3.8) is 0 Å². The zero-order chi connectivity index (χ0) is 18.4. The molecule has 1 aliphatic rings. The van der Waals surface area contributed by atoms with Gasteiger partial charge in [-0.3, -0.25) is 14.3 Å². The van der Waals surface area contributed by atoms with Gasteiger partial charge >= 0.3 is 0 Å². The Labute approximate surface area is 150 Å². The minimum atomic E-state index is -0.418. The Hall–Kier alpha value is -3.16. The van der Waals surface area contributed by atoms with Crippen molar-refractivity contribution in [2.24, 2.45) is 18.7 Å². The molecule has 0 spiro atoms. The van der Waals surface area contributed by atoms with Crippen LogP contribution >= 0.6 is 0 Å². The molecule has 1 aliphatic heterocycles. The molecule has 1 fully saturated rings. The van der Waals surface area contributed by atoms with Gasteiger partial charge in [0.15, 0.2) is 0 Å². The Morgan fingerprint density at radius 1 is 1.23 bits per heavy atom. The average molecular weight is 352 g/mol. The monoisotopic (exact) mass is 352 g/mol. The van der Waals surface area contributed by atoms with Crippen LogP contribution in [-0.2, 0) is 11.8 Å². The zero-order valence-corrected chi connectivity index (χ0v) is 14.7. The highest BCUT2D eigenvalue weighted by Gasteiger charge is 2.41. The number of aryl methyl sites for hydroxylation is 1. The lowest BCUT2D eigenvalue weighted by molar-refractivity contribution is -0.121. The zero-order valence-electron chi connectivity index (χ0n) is 14.7. The van der Waals surface area contributed by atoms with E-state index in [2.05, 4.69) is 10.1 Å². The molecule has 8 nitrogen and oxygen atoms in total. The third-order valence-corrected chi connectivity index (χ3v) is 5.30. The number of carbonyl (C=O) groups is 2. The number of primary amides is 1. The minimum Gasteiger partial charge on any atom is -0.369 e. The van der Waals surface area contributed by atoms with E-state index in [0.717, 1.165) is 16.8 Å². The van der Waals surface area contributed by atoms with E-state index < -0.39 is 11.8 Å². The van der Waals surface area contributed by atoms with E-state index in [1.54, 1.807) is 45.0 Å². The summed E-state index contributed by atoms with van der Waals surface area (Å²) in [4.78, 5) is 30.7. The molecule has 8 heteroatoms. The van der Waals surface area contributed by atoms with Gasteiger partial charge in [0.1, 0.15) is 0 Å². The van der Waals surface area contributed by atoms with Crippen LogP contribution in [0.1, 0.15) is 27.5 Å². The standard InChI is InChI=1S/C18H20N6O2/c1-11-14(6-21-22(11)2)15-8-23(9-16(15)17(19)25)18(26)12-3-4-13-5-20-10-24(13)7-12/h3-7,10,15-16H,8-9H2,1-2H3,(H2,19,25)/t15-,16+/m1/s1. The van der Waals surface area contributed by atoms with E-state index in [1.807, 2.05) is 20.0 Å². The number of nitrogens with zero attached hydrogens (tertiary/aromatic N) is 5. The SMILES string of the molecule is Cc1c([C@H]2CN(C(=O)c3ccc4cncn4c3)C[C@@H]2C(N)=O)cnn1C. The topological polar surface area (TPSA) is 98.5 Å². The quantitative estimate of drug-likeness (QED) is 0.751. The molecule has 3 aromatic rings. The van der Waals surface area contributed by atoms with Crippen LogP contribution < -0.4 is 5.73 Å². The maximum Gasteiger partial charge on any atom is 0.255 e. The lowest BCUT2D eigenvalue weighted by Crippen LogP contribution is -2.32. The number of rotatable bonds is 3. The normalized spacial score (nSPS) is 20.0. The molecule has 0 bridgehead atoms. The maximum absolute atomic E-state index is 13.0. The summed E-state index contributed by atoms with van der Waals surface area (Å²) in [5.41, 5.74) is 9.05. The lowest BCUT2D eigenvalue weighted by atomic mass is 9.89. The van der Waals surface area contributed by atoms with Gasteiger partial charge in [-0.15, -0.1) is 0 Å². The summed E-state index contributed by atoms with van der Waals surface area (Å²) in [7, 11) is 1.86. The van der Waals surface area contributed by atoms with Gasteiger partial charge in [0.25, 0.3) is 5.91 Å². The molecule has 2 amide bonds. The fourth-order valence-electron chi connectivity index (χ4n) is 3.68. The van der Waals surface area contributed by atoms with Crippen molar-refractivity contribution in [3.8, 4) is 0 Å². The van der Waals surface area contributed by atoms with Gasteiger partial charge in [0.2, 0.25) is 5.91 Å². The van der Waals surface area contributed by atoms with Crippen molar-refractivity contribution in [1.29, 1.82) is 0 Å². The summed E-state index contributed by atoms with van der Waals surface area (Å²) in [6.45, 7) is 2.72. The molecular formula is C18H20N6O2. The summed E-state index contributed by atoms with van der Waals surface area (Å²) < 4.78 is 3.57. The Balaban J connectivity index is 1.64. The molecule has 3 aromatic heterocycles. The predicted molar refractivity (Wildman–Crippen MR) is 94.5 cm³/mol. The van der Waals surface area contributed by atoms with Gasteiger partial charge in [0, 0.05) is 37.9 Å². The van der Waals surface area contributed by atoms with Crippen LogP contribution in [0.5, 0.6) is 0 Å². The highest BCUT2D eigenvalue weighted by molar-refractivity contribution is 5.95. The fraction of sp³-hybridized carbons (Fsp3) is 0.333. The second-order valence-corrected chi connectivity index (χ2v) is 6.78. The first-order valence-corrected chi connectivity index (χ1v) is 8.44. The first kappa shape index (κ1) is 16.3. The average Bonchev–Trinajstić information content (AvgIpc) is 3.33. The molecular weight excluding hydrogens is 332 g/mol. The van der Waals surface area contributed by atoms with E-state index in [1.165, 1.54) is 0 Å². The number of pyridine rings is 1. The van der Waals surface area contributed by atoms with Gasteiger partial charge in [0.05, 0.1) is 35.7 Å². The van der Waals surface area contributed by atoms with E-state index in [9.17, 15) is 9.59 Å². The summed E-state index contributed by atoms with van der Waals surface area (Å²) >= 11 is 0. The summed E-state index contributed by atoms with van der Waals surface area (Å²) in [5, 5.41) is 4.26. The van der Waals surface area contributed by atoms with Crippen LogP contribution in [0.15, 0.2) is 37.1 Å². The molecule has 4 heterocycles. The lowest BCUT2D eigenvalue weighted by Gasteiger charge is -2.16. The molecule has 2 atom stereocenters. The predicted octanol–water partition coefficient (Wildman–Crippen LogP) is 0.717. The number of amides is 2. The number of nitrogens with two attached hydrogens (primary N) is 1. The smallest absolute Gasteiger partial charge is 0.255 e. The molecule has 0 unspecified atom stereocenters. The van der Waals surface area contributed by atoms with Crippen molar-refractivity contribution < 1.29 is 9.59 Å². The molecule has 4 rings (SSSR count). The van der Waals surface area contributed by atoms with Gasteiger partial charge in [-0.1, -0.05) is 0 Å². The molecule has 0 radical (unpaired) electrons. The van der Waals surface area contributed by atoms with Crippen molar-refractivity contribution in [3.05, 3.63) is 53.9 Å². The number of aromatic nitrogens is 4. The van der Waals surface area contributed by atoms with Crippen LogP contribution in [0.2, 0.25) is 0 Å². The van der Waals surface area contributed by atoms with Crippen molar-refractivity contribution in [2.45, 2.75) is 12.8 Å². The van der Waals surface area contributed by atoms with Crippen molar-refractivity contribution >= 4 is 17.3 Å². The maximum atomic E-state index is 13.0. The largest absolute Gasteiger partial charge is 0.369 e. The van der Waals surface area contributed by atoms with E-state index >= 15 is 0 Å². The Morgan fingerprint density at radius 2 is 2.04 bits per heavy atom. The van der Waals surface area contributed by atoms with Gasteiger partial charge in [-0.25, -0.2) is 4.98 Å². The van der Waals surface area contributed by atoms with Crippen molar-refractivity contribution in [1.82, 2.24) is 24.1 Å². The van der Waals surface area contributed by atoms with Gasteiger partial charge in [-0.05, 0) is 24.6 Å². The van der Waals surface area contributed by atoms with Crippen molar-refractivity contribution in [2.75, 3.05) is 13.1 Å². The highest BCUT2D eigenvalue weighted by atomic mass is 16.2. The highest BCUT2D eigenvalue weighted by Crippen LogP contribution is 2.34. The Morgan fingerprint density at radius 3 is 2.73 bits per heavy atom. The number of carbonyl (C=O) groups excluding carboxylic acids is 2. The van der Waals surface area contributed by atoms with E-state index in [-0.39, 0.29) is 11.8 Å². The summed E-state index contributed by atoms with van der Waals surface area (Å²) in [6.07, 6.45) is 6.91. The fourth-order valence-corrected chi connectivity index (χ4v) is 3.68. The number of likely N-dealkylation sites (tertiary alicyclic amines) is 1. The summed E-state index contributed by atoms with van der Waals surface area (Å²) in [6, 6.07) is 3.63. The van der Waals surface area contributed by atoms with E-state index in [4.69, 9.17) is 5.73 Å². The van der Waals surface area contributed by atoms with Crippen LogP contribution in [-0.4, -0.2) is 49.0 Å².